The van der Waals surface area contributed by atoms with Crippen molar-refractivity contribution >= 4 is 98.3 Å². The van der Waals surface area contributed by atoms with E-state index < -0.39 is 0 Å². The Balaban J connectivity index is 0.959. The van der Waals surface area contributed by atoms with Gasteiger partial charge in [0.1, 0.15) is 28.1 Å². The van der Waals surface area contributed by atoms with Crippen molar-refractivity contribution in [1.82, 2.24) is 9.13 Å². The summed E-state index contributed by atoms with van der Waals surface area (Å²) in [7, 11) is 1.73. The van der Waals surface area contributed by atoms with Crippen molar-refractivity contribution < 1.29 is 13.6 Å². The Bertz CT molecular complexity index is 4240. The lowest BCUT2D eigenvalue weighted by Crippen LogP contribution is -1.96. The molecule has 0 bridgehead atoms. The predicted molar refractivity (Wildman–Crippen MR) is 265 cm³/mol. The molecule has 0 amide bonds. The maximum Gasteiger partial charge on any atom is 0.145 e. The summed E-state index contributed by atoms with van der Waals surface area (Å²) < 4.78 is 24.0. The van der Waals surface area contributed by atoms with E-state index in [0.29, 0.717) is 0 Å². The Kier molecular flexibility index (Phi) is 7.26. The highest BCUT2D eigenvalue weighted by Gasteiger charge is 2.23. The first-order chi connectivity index (χ1) is 31.7. The van der Waals surface area contributed by atoms with E-state index in [-0.39, 0.29) is 0 Å². The van der Waals surface area contributed by atoms with E-state index in [9.17, 15) is 0 Å². The van der Waals surface area contributed by atoms with Gasteiger partial charge in [0.25, 0.3) is 0 Å². The quantitative estimate of drug-likeness (QED) is 0.174. The second-order valence-corrected chi connectivity index (χ2v) is 16.8. The molecule has 5 nitrogen and oxygen atoms in total. The van der Waals surface area contributed by atoms with Crippen LogP contribution in [0.1, 0.15) is 0 Å². The van der Waals surface area contributed by atoms with Crippen LogP contribution >= 0.6 is 0 Å². The molecule has 0 spiro atoms. The molecule has 0 aliphatic carbocycles. The molecule has 14 aromatic rings. The number of hydrogen-bond acceptors (Lipinski definition) is 3. The third kappa shape index (κ3) is 4.95. The minimum Gasteiger partial charge on any atom is -0.496 e. The number of nitrogens with zero attached hydrogens (tertiary/aromatic N) is 2. The van der Waals surface area contributed by atoms with Gasteiger partial charge in [-0.25, -0.2) is 0 Å². The Morgan fingerprint density at radius 1 is 0.359 bits per heavy atom. The largest absolute Gasteiger partial charge is 0.496 e. The molecule has 300 valence electrons. The predicted octanol–water partition coefficient (Wildman–Crippen LogP) is 16.2. The van der Waals surface area contributed by atoms with Gasteiger partial charge in [0.05, 0.1) is 39.9 Å². The van der Waals surface area contributed by atoms with Crippen LogP contribution in [0.3, 0.4) is 0 Å². The van der Waals surface area contributed by atoms with Crippen molar-refractivity contribution in [2.24, 2.45) is 0 Å². The number of fused-ring (bicyclic) bond motifs is 15. The Morgan fingerprint density at radius 3 is 1.66 bits per heavy atom. The normalized spacial score (nSPS) is 12.1. The van der Waals surface area contributed by atoms with Crippen molar-refractivity contribution in [2.75, 3.05) is 7.11 Å². The van der Waals surface area contributed by atoms with Gasteiger partial charge >= 0.3 is 0 Å². The average Bonchev–Trinajstić information content (AvgIpc) is 4.11. The van der Waals surface area contributed by atoms with Gasteiger partial charge < -0.3 is 22.7 Å². The van der Waals surface area contributed by atoms with E-state index in [2.05, 4.69) is 191 Å². The van der Waals surface area contributed by atoms with Crippen molar-refractivity contribution in [3.8, 4) is 39.4 Å². The minimum atomic E-state index is 0.838. The third-order valence-electron chi connectivity index (χ3n) is 13.4. The number of benzene rings is 10. The molecule has 0 radical (unpaired) electrons. The summed E-state index contributed by atoms with van der Waals surface area (Å²) in [5.41, 5.74) is 14.7. The molecule has 0 saturated carbocycles. The fraction of sp³-hybridized carbons (Fsp3) is 0.0169. The van der Waals surface area contributed by atoms with Gasteiger partial charge in [-0.1, -0.05) is 109 Å². The number of para-hydroxylation sites is 3. The number of rotatable bonds is 5. The zero-order valence-electron chi connectivity index (χ0n) is 34.7. The van der Waals surface area contributed by atoms with Crippen LogP contribution in [0.5, 0.6) is 5.75 Å². The molecule has 0 saturated heterocycles. The fourth-order valence-electron chi connectivity index (χ4n) is 10.5. The van der Waals surface area contributed by atoms with E-state index in [0.717, 1.165) is 121 Å². The zero-order valence-corrected chi connectivity index (χ0v) is 34.7. The molecule has 0 unspecified atom stereocenters. The number of furan rings is 2. The third-order valence-corrected chi connectivity index (χ3v) is 13.4. The fourth-order valence-corrected chi connectivity index (χ4v) is 10.5. The molecular formula is C59H36N2O3. The summed E-state index contributed by atoms with van der Waals surface area (Å²) >= 11 is 0. The van der Waals surface area contributed by atoms with E-state index >= 15 is 0 Å². The first-order valence-corrected chi connectivity index (χ1v) is 21.7. The Hall–Kier alpha value is -8.54. The molecule has 0 aliphatic rings. The molecule has 0 N–H and O–H groups in total. The molecule has 4 heterocycles. The van der Waals surface area contributed by atoms with Crippen LogP contribution < -0.4 is 4.74 Å². The topological polar surface area (TPSA) is 45.4 Å². The number of ether oxygens (including phenoxy) is 1. The highest BCUT2D eigenvalue weighted by molar-refractivity contribution is 6.29. The molecule has 10 aromatic carbocycles. The summed E-state index contributed by atoms with van der Waals surface area (Å²) in [4.78, 5) is 0. The van der Waals surface area contributed by atoms with Gasteiger partial charge in [-0.3, -0.25) is 0 Å². The summed E-state index contributed by atoms with van der Waals surface area (Å²) in [6.45, 7) is 0. The van der Waals surface area contributed by atoms with Crippen LogP contribution in [0, 0.1) is 0 Å². The van der Waals surface area contributed by atoms with Crippen LogP contribution in [-0.4, -0.2) is 16.2 Å². The molecule has 4 aromatic heterocycles. The number of methoxy groups -OCH3 is 1. The first-order valence-electron chi connectivity index (χ1n) is 21.7. The van der Waals surface area contributed by atoms with Crippen molar-refractivity contribution in [2.45, 2.75) is 0 Å². The van der Waals surface area contributed by atoms with Gasteiger partial charge in [-0.05, 0) is 118 Å². The van der Waals surface area contributed by atoms with E-state index in [1.54, 1.807) is 7.11 Å². The molecule has 0 atom stereocenters. The molecular weight excluding hydrogens is 785 g/mol. The summed E-state index contributed by atoms with van der Waals surface area (Å²) in [5.74, 6) is 0.838. The van der Waals surface area contributed by atoms with Crippen LogP contribution in [0.2, 0.25) is 0 Å². The monoisotopic (exact) mass is 820 g/mol. The summed E-state index contributed by atoms with van der Waals surface area (Å²) in [5, 5.41) is 11.3. The van der Waals surface area contributed by atoms with Crippen molar-refractivity contribution in [1.29, 1.82) is 0 Å². The molecule has 0 fully saturated rings. The second kappa shape index (κ2) is 13.2. The standard InChI is InChI=1S/C59H36N2O3/c1-62-53-30-24-41(34-47(53)36-11-3-2-4-12-36)61-50-17-9-6-15-46(50)57-52(61)28-26-44-43-25-27-51-56(58(43)64-59(44)57)45-14-5-8-16-49(45)60(51)40-23-21-35-19-20-37(31-39(35)32-40)38-22-29-55-48(33-38)42-13-7-10-18-54(42)63-55/h2-34H,1H3. The van der Waals surface area contributed by atoms with E-state index in [1.165, 1.54) is 16.3 Å². The first kappa shape index (κ1) is 35.1. The lowest BCUT2D eigenvalue weighted by atomic mass is 9.99. The smallest absolute Gasteiger partial charge is 0.145 e. The Labute approximate surface area is 366 Å². The van der Waals surface area contributed by atoms with E-state index in [4.69, 9.17) is 13.6 Å². The number of hydrogen-bond donors (Lipinski definition) is 0. The van der Waals surface area contributed by atoms with Crippen molar-refractivity contribution in [3.05, 3.63) is 200 Å². The lowest BCUT2D eigenvalue weighted by Gasteiger charge is -2.13. The lowest BCUT2D eigenvalue weighted by molar-refractivity contribution is 0.416. The summed E-state index contributed by atoms with van der Waals surface area (Å²) in [6.07, 6.45) is 0. The highest BCUT2D eigenvalue weighted by atomic mass is 16.5. The van der Waals surface area contributed by atoms with Gasteiger partial charge in [-0.15, -0.1) is 0 Å². The van der Waals surface area contributed by atoms with Crippen LogP contribution in [0.4, 0.5) is 0 Å². The van der Waals surface area contributed by atoms with Crippen LogP contribution in [0.15, 0.2) is 209 Å². The zero-order chi connectivity index (χ0) is 42.0. The second-order valence-electron chi connectivity index (χ2n) is 16.8. The van der Waals surface area contributed by atoms with Gasteiger partial charge in [-0.2, -0.15) is 0 Å². The maximum atomic E-state index is 7.26. The van der Waals surface area contributed by atoms with Crippen molar-refractivity contribution in [3.63, 3.8) is 0 Å². The molecule has 5 heteroatoms. The number of aromatic nitrogens is 2. The molecule has 64 heavy (non-hydrogen) atoms. The Morgan fingerprint density at radius 2 is 0.938 bits per heavy atom. The van der Waals surface area contributed by atoms with Crippen LogP contribution in [0.25, 0.3) is 132 Å². The molecule has 14 rings (SSSR count). The highest BCUT2D eigenvalue weighted by Crippen LogP contribution is 2.46. The van der Waals surface area contributed by atoms with Gasteiger partial charge in [0, 0.05) is 49.3 Å². The summed E-state index contributed by atoms with van der Waals surface area (Å²) in [6, 6.07) is 71.6. The molecule has 0 aliphatic heterocycles. The SMILES string of the molecule is COc1ccc(-n2c3ccccc3c3c4oc5c(ccc6c5c5ccccc5n6-c5ccc6ccc(-c7ccc8oc9ccccc9c8c7)cc6c5)c4ccc32)cc1-c1ccccc1. The average molecular weight is 821 g/mol. The van der Waals surface area contributed by atoms with E-state index in [1.807, 2.05) is 18.2 Å². The van der Waals surface area contributed by atoms with Crippen LogP contribution in [-0.2, 0) is 0 Å². The van der Waals surface area contributed by atoms with Gasteiger partial charge in [0.2, 0.25) is 0 Å². The maximum absolute atomic E-state index is 7.26. The minimum absolute atomic E-state index is 0.838. The van der Waals surface area contributed by atoms with Gasteiger partial charge in [0.15, 0.2) is 0 Å².